The molecule has 3 aromatic heterocycles. The molecular formula is C23H23N7OS. The Morgan fingerprint density at radius 1 is 1.06 bits per heavy atom. The molecule has 6 rings (SSSR count). The van der Waals surface area contributed by atoms with E-state index in [1.165, 1.54) is 11.9 Å². The predicted molar refractivity (Wildman–Crippen MR) is 125 cm³/mol. The van der Waals surface area contributed by atoms with Crippen molar-refractivity contribution in [2.24, 2.45) is 0 Å². The molecule has 1 aliphatic rings. The number of benzene rings is 2. The maximum atomic E-state index is 10.2. The molecular weight excluding hydrogens is 422 g/mol. The van der Waals surface area contributed by atoms with Crippen LogP contribution in [0.15, 0.2) is 55.4 Å². The molecule has 0 aliphatic heterocycles. The van der Waals surface area contributed by atoms with Gasteiger partial charge in [-0.3, -0.25) is 0 Å². The number of nitrogens with one attached hydrogen (secondary N) is 1. The van der Waals surface area contributed by atoms with Crippen molar-refractivity contribution in [3.63, 3.8) is 0 Å². The van der Waals surface area contributed by atoms with Crippen LogP contribution in [0.5, 0.6) is 0 Å². The first-order valence-corrected chi connectivity index (χ1v) is 11.7. The molecule has 0 unspecified atom stereocenters. The van der Waals surface area contributed by atoms with Crippen LogP contribution in [0.3, 0.4) is 0 Å². The first kappa shape index (κ1) is 19.4. The van der Waals surface area contributed by atoms with E-state index < -0.39 is 0 Å². The van der Waals surface area contributed by atoms with Gasteiger partial charge in [0, 0.05) is 6.54 Å². The van der Waals surface area contributed by atoms with Crippen LogP contribution in [0.25, 0.3) is 26.9 Å². The molecule has 8 nitrogen and oxygen atoms in total. The minimum Gasteiger partial charge on any atom is -0.391 e. The molecule has 162 valence electrons. The number of anilines is 1. The molecule has 1 fully saturated rings. The molecule has 5 aromatic rings. The summed E-state index contributed by atoms with van der Waals surface area (Å²) in [7, 11) is 0. The summed E-state index contributed by atoms with van der Waals surface area (Å²) >= 11 is 1.65. The summed E-state index contributed by atoms with van der Waals surface area (Å²) in [5.74, 6) is 0. The number of rotatable bonds is 5. The Hall–Kier alpha value is -3.30. The number of aliphatic hydroxyl groups is 1. The van der Waals surface area contributed by atoms with Crippen molar-refractivity contribution in [2.75, 3.05) is 5.32 Å². The molecule has 2 atom stereocenters. The van der Waals surface area contributed by atoms with Crippen molar-refractivity contribution in [3.8, 4) is 5.69 Å². The number of hydrogen-bond donors (Lipinski definition) is 2. The second kappa shape index (κ2) is 7.99. The largest absolute Gasteiger partial charge is 0.391 e. The fraction of sp³-hybridized carbons (Fsp3) is 0.304. The van der Waals surface area contributed by atoms with E-state index in [-0.39, 0.29) is 12.1 Å². The zero-order valence-corrected chi connectivity index (χ0v) is 18.2. The summed E-state index contributed by atoms with van der Waals surface area (Å²) < 4.78 is 5.03. The molecule has 1 aliphatic carbocycles. The van der Waals surface area contributed by atoms with Gasteiger partial charge in [-0.15, -0.1) is 0 Å². The van der Waals surface area contributed by atoms with E-state index >= 15 is 0 Å². The lowest BCUT2D eigenvalue weighted by molar-refractivity contribution is 0.116. The normalized spacial score (nSPS) is 19.0. The fourth-order valence-electron chi connectivity index (χ4n) is 4.43. The third-order valence-corrected chi connectivity index (χ3v) is 7.08. The Morgan fingerprint density at radius 3 is 2.88 bits per heavy atom. The maximum absolute atomic E-state index is 10.2. The average Bonchev–Trinajstić information content (AvgIpc) is 3.55. The SMILES string of the molecule is O[C@@H]1CCCC[C@H]1Nc1nc2ccc(Cn3cnc4cc(-n5cncn5)ccc43)cc2s1. The van der Waals surface area contributed by atoms with Crippen molar-refractivity contribution >= 4 is 37.7 Å². The first-order valence-electron chi connectivity index (χ1n) is 10.9. The van der Waals surface area contributed by atoms with Crippen LogP contribution in [0.4, 0.5) is 5.13 Å². The van der Waals surface area contributed by atoms with Gasteiger partial charge in [0.15, 0.2) is 5.13 Å². The highest BCUT2D eigenvalue weighted by molar-refractivity contribution is 7.22. The molecule has 0 saturated heterocycles. The highest BCUT2D eigenvalue weighted by Crippen LogP contribution is 2.30. The van der Waals surface area contributed by atoms with Gasteiger partial charge < -0.3 is 15.0 Å². The van der Waals surface area contributed by atoms with Crippen molar-refractivity contribution < 1.29 is 5.11 Å². The number of aliphatic hydroxyl groups excluding tert-OH is 1. The van der Waals surface area contributed by atoms with Crippen LogP contribution in [-0.4, -0.2) is 46.6 Å². The molecule has 1 saturated carbocycles. The lowest BCUT2D eigenvalue weighted by Gasteiger charge is -2.27. The first-order chi connectivity index (χ1) is 15.7. The summed E-state index contributed by atoms with van der Waals surface area (Å²) in [6.45, 7) is 0.733. The summed E-state index contributed by atoms with van der Waals surface area (Å²) in [5, 5.41) is 18.8. The molecule has 2 aromatic carbocycles. The fourth-order valence-corrected chi connectivity index (χ4v) is 5.42. The van der Waals surface area contributed by atoms with Crippen molar-refractivity contribution in [2.45, 2.75) is 44.4 Å². The maximum Gasteiger partial charge on any atom is 0.184 e. The zero-order chi connectivity index (χ0) is 21.5. The van der Waals surface area contributed by atoms with Crippen LogP contribution in [-0.2, 0) is 6.54 Å². The average molecular weight is 446 g/mol. The van der Waals surface area contributed by atoms with E-state index in [9.17, 15) is 5.11 Å². The number of hydrogen-bond acceptors (Lipinski definition) is 7. The van der Waals surface area contributed by atoms with Gasteiger partial charge in [0.2, 0.25) is 0 Å². The van der Waals surface area contributed by atoms with Crippen LogP contribution in [0, 0.1) is 0 Å². The van der Waals surface area contributed by atoms with E-state index in [1.807, 2.05) is 18.5 Å². The lowest BCUT2D eigenvalue weighted by atomic mass is 9.93. The number of thiazole rings is 1. The van der Waals surface area contributed by atoms with Crippen LogP contribution in [0.1, 0.15) is 31.2 Å². The highest BCUT2D eigenvalue weighted by atomic mass is 32.1. The van der Waals surface area contributed by atoms with Crippen LogP contribution in [0.2, 0.25) is 0 Å². The van der Waals surface area contributed by atoms with Gasteiger partial charge in [0.1, 0.15) is 12.7 Å². The van der Waals surface area contributed by atoms with Gasteiger partial charge in [0.05, 0.1) is 45.4 Å². The van der Waals surface area contributed by atoms with Crippen molar-refractivity contribution in [1.29, 1.82) is 0 Å². The minimum absolute atomic E-state index is 0.100. The highest BCUT2D eigenvalue weighted by Gasteiger charge is 2.23. The monoisotopic (exact) mass is 445 g/mol. The number of imidazole rings is 1. The van der Waals surface area contributed by atoms with E-state index in [2.05, 4.69) is 49.2 Å². The molecule has 9 heteroatoms. The van der Waals surface area contributed by atoms with Crippen LogP contribution < -0.4 is 5.32 Å². The summed E-state index contributed by atoms with van der Waals surface area (Å²) in [4.78, 5) is 13.3. The Bertz CT molecular complexity index is 1370. The minimum atomic E-state index is -0.286. The predicted octanol–water partition coefficient (Wildman–Crippen LogP) is 3.99. The van der Waals surface area contributed by atoms with E-state index in [0.29, 0.717) is 0 Å². The standard InChI is InChI=1S/C23H23N7OS/c31-21-4-2-1-3-17(21)27-23-28-18-7-5-15(9-22(18)32-23)11-29-14-25-19-10-16(6-8-20(19)29)30-13-24-12-26-30/h5-10,12-14,17,21,31H,1-4,11H2,(H,27,28)/t17-,21-/m1/s1. The number of fused-ring (bicyclic) bond motifs is 2. The summed E-state index contributed by atoms with van der Waals surface area (Å²) in [5.41, 5.74) is 5.13. The zero-order valence-electron chi connectivity index (χ0n) is 17.4. The quantitative estimate of drug-likeness (QED) is 0.425. The Kier molecular flexibility index (Phi) is 4.84. The third-order valence-electron chi connectivity index (χ3n) is 6.13. The molecule has 32 heavy (non-hydrogen) atoms. The van der Waals surface area contributed by atoms with Crippen molar-refractivity contribution in [1.82, 2.24) is 29.3 Å². The molecule has 3 heterocycles. The van der Waals surface area contributed by atoms with Gasteiger partial charge >= 0.3 is 0 Å². The smallest absolute Gasteiger partial charge is 0.184 e. The molecule has 2 N–H and O–H groups in total. The molecule has 0 amide bonds. The van der Waals surface area contributed by atoms with Gasteiger partial charge in [-0.2, -0.15) is 5.10 Å². The number of nitrogens with zero attached hydrogens (tertiary/aromatic N) is 6. The van der Waals surface area contributed by atoms with Gasteiger partial charge in [-0.05, 0) is 48.7 Å². The molecule has 0 radical (unpaired) electrons. The van der Waals surface area contributed by atoms with Crippen molar-refractivity contribution in [3.05, 3.63) is 60.9 Å². The summed E-state index contributed by atoms with van der Waals surface area (Å²) in [6, 6.07) is 12.6. The third kappa shape index (κ3) is 3.63. The Morgan fingerprint density at radius 2 is 2.00 bits per heavy atom. The molecule has 0 bridgehead atoms. The van der Waals surface area contributed by atoms with Gasteiger partial charge in [-0.1, -0.05) is 30.2 Å². The second-order valence-electron chi connectivity index (χ2n) is 8.31. The second-order valence-corrected chi connectivity index (χ2v) is 9.34. The molecule has 0 spiro atoms. The van der Waals surface area contributed by atoms with Gasteiger partial charge in [0.25, 0.3) is 0 Å². The number of aromatic nitrogens is 6. The van der Waals surface area contributed by atoms with E-state index in [4.69, 9.17) is 4.98 Å². The Balaban J connectivity index is 1.23. The van der Waals surface area contributed by atoms with E-state index in [0.717, 1.165) is 64.3 Å². The Labute approximate surface area is 188 Å². The lowest BCUT2D eigenvalue weighted by Crippen LogP contribution is -2.36. The van der Waals surface area contributed by atoms with Gasteiger partial charge in [-0.25, -0.2) is 19.6 Å². The van der Waals surface area contributed by atoms with E-state index in [1.54, 1.807) is 22.3 Å². The topological polar surface area (TPSA) is 93.7 Å². The van der Waals surface area contributed by atoms with Crippen LogP contribution >= 0.6 is 11.3 Å². The summed E-state index contributed by atoms with van der Waals surface area (Å²) in [6.07, 6.45) is 8.92.